The average molecular weight is 514 g/mol. The van der Waals surface area contributed by atoms with Crippen LogP contribution >= 0.6 is 0 Å². The highest BCUT2D eigenvalue weighted by Gasteiger charge is 2.18. The molecule has 3 N–H and O–H groups in total. The summed E-state index contributed by atoms with van der Waals surface area (Å²) in [6, 6.07) is 13.4. The average Bonchev–Trinajstić information content (AvgIpc) is 2.79. The lowest BCUT2D eigenvalue weighted by Gasteiger charge is -2.21. The number of nitrogens with one attached hydrogen (secondary N) is 3. The van der Waals surface area contributed by atoms with Gasteiger partial charge in [-0.25, -0.2) is 19.2 Å². The molecule has 2 rings (SSSR count). The standard InChI is InChI=1S/C27H35N3O7/c1-26(2,3)36-24(33)29-15-19-12-13-21(14-20(19)16-30-25(34)37-27(4,5)6)28-17-22(31)35-23(32)18-10-8-7-9-11-18/h7-14,28H,15-17H2,1-6H3,(H,29,33)(H,30,34). The van der Waals surface area contributed by atoms with Crippen LogP contribution in [0, 0.1) is 0 Å². The Morgan fingerprint density at radius 2 is 1.27 bits per heavy atom. The van der Waals surface area contributed by atoms with E-state index in [1.54, 1.807) is 90.1 Å². The zero-order valence-electron chi connectivity index (χ0n) is 22.1. The molecular formula is C27H35N3O7. The first kappa shape index (κ1) is 29.2. The normalized spacial score (nSPS) is 11.2. The van der Waals surface area contributed by atoms with Crippen LogP contribution < -0.4 is 16.0 Å². The van der Waals surface area contributed by atoms with Gasteiger partial charge in [-0.2, -0.15) is 0 Å². The smallest absolute Gasteiger partial charge is 0.407 e. The van der Waals surface area contributed by atoms with Crippen LogP contribution in [0.1, 0.15) is 63.0 Å². The summed E-state index contributed by atoms with van der Waals surface area (Å²) in [5.74, 6) is -1.49. The largest absolute Gasteiger partial charge is 0.444 e. The third-order valence-electron chi connectivity index (χ3n) is 4.50. The van der Waals surface area contributed by atoms with E-state index in [0.717, 1.165) is 0 Å². The topological polar surface area (TPSA) is 132 Å². The lowest BCUT2D eigenvalue weighted by molar-refractivity contribution is -0.135. The number of hydrogen-bond donors (Lipinski definition) is 3. The SMILES string of the molecule is CC(C)(C)OC(=O)NCc1ccc(NCC(=O)OC(=O)c2ccccc2)cc1CNC(=O)OC(C)(C)C. The summed E-state index contributed by atoms with van der Waals surface area (Å²) in [4.78, 5) is 48.5. The van der Waals surface area contributed by atoms with Crippen molar-refractivity contribution in [3.8, 4) is 0 Å². The van der Waals surface area contributed by atoms with E-state index in [1.165, 1.54) is 0 Å². The zero-order valence-corrected chi connectivity index (χ0v) is 22.1. The van der Waals surface area contributed by atoms with Crippen molar-refractivity contribution in [2.75, 3.05) is 11.9 Å². The van der Waals surface area contributed by atoms with Crippen LogP contribution in [-0.2, 0) is 32.1 Å². The lowest BCUT2D eigenvalue weighted by Crippen LogP contribution is -2.33. The third-order valence-corrected chi connectivity index (χ3v) is 4.50. The molecule has 10 nitrogen and oxygen atoms in total. The van der Waals surface area contributed by atoms with Crippen LogP contribution in [-0.4, -0.2) is 41.9 Å². The second-order valence-electron chi connectivity index (χ2n) is 10.2. The van der Waals surface area contributed by atoms with Gasteiger partial charge in [-0.3, -0.25) is 0 Å². The molecule has 200 valence electrons. The van der Waals surface area contributed by atoms with Crippen LogP contribution in [0.5, 0.6) is 0 Å². The van der Waals surface area contributed by atoms with Gasteiger partial charge < -0.3 is 30.2 Å². The maximum absolute atomic E-state index is 12.2. The van der Waals surface area contributed by atoms with Gasteiger partial charge in [-0.15, -0.1) is 0 Å². The summed E-state index contributed by atoms with van der Waals surface area (Å²) in [5, 5.41) is 8.29. The number of carbonyl (C=O) groups excluding carboxylic acids is 4. The van der Waals surface area contributed by atoms with Crippen molar-refractivity contribution in [2.24, 2.45) is 0 Å². The monoisotopic (exact) mass is 513 g/mol. The molecule has 0 saturated heterocycles. The first-order valence-corrected chi connectivity index (χ1v) is 11.8. The number of amides is 2. The van der Waals surface area contributed by atoms with E-state index in [0.29, 0.717) is 16.8 Å². The molecule has 0 atom stereocenters. The number of hydrogen-bond acceptors (Lipinski definition) is 8. The minimum absolute atomic E-state index is 0.104. The van der Waals surface area contributed by atoms with Crippen LogP contribution in [0.2, 0.25) is 0 Å². The van der Waals surface area contributed by atoms with E-state index in [9.17, 15) is 19.2 Å². The predicted octanol–water partition coefficient (Wildman–Crippen LogP) is 4.53. The molecule has 0 aliphatic heterocycles. The number of carbonyl (C=O) groups is 4. The lowest BCUT2D eigenvalue weighted by atomic mass is 10.1. The summed E-state index contributed by atoms with van der Waals surface area (Å²) >= 11 is 0. The quantitative estimate of drug-likeness (QED) is 0.266. The summed E-state index contributed by atoms with van der Waals surface area (Å²) in [7, 11) is 0. The number of ether oxygens (including phenoxy) is 3. The van der Waals surface area contributed by atoms with Crippen molar-refractivity contribution in [2.45, 2.75) is 65.8 Å². The van der Waals surface area contributed by atoms with Crippen molar-refractivity contribution in [1.82, 2.24) is 10.6 Å². The molecule has 0 unspecified atom stereocenters. The molecule has 0 radical (unpaired) electrons. The second-order valence-corrected chi connectivity index (χ2v) is 10.2. The Labute approximate surface area is 217 Å². The summed E-state index contributed by atoms with van der Waals surface area (Å²) in [5.41, 5.74) is 0.899. The highest BCUT2D eigenvalue weighted by molar-refractivity contribution is 5.97. The molecular weight excluding hydrogens is 478 g/mol. The maximum atomic E-state index is 12.2. The minimum Gasteiger partial charge on any atom is -0.444 e. The molecule has 2 aromatic rings. The number of benzene rings is 2. The van der Waals surface area contributed by atoms with Gasteiger partial charge in [0, 0.05) is 18.8 Å². The Kier molecular flexibility index (Phi) is 10.0. The van der Waals surface area contributed by atoms with Gasteiger partial charge in [0.05, 0.1) is 5.56 Å². The predicted molar refractivity (Wildman–Crippen MR) is 138 cm³/mol. The van der Waals surface area contributed by atoms with Crippen LogP contribution in [0.25, 0.3) is 0 Å². The van der Waals surface area contributed by atoms with Gasteiger partial charge in [0.2, 0.25) is 0 Å². The van der Waals surface area contributed by atoms with Gasteiger partial charge in [0.25, 0.3) is 0 Å². The molecule has 0 aliphatic rings. The van der Waals surface area contributed by atoms with Crippen molar-refractivity contribution in [3.05, 3.63) is 65.2 Å². The highest BCUT2D eigenvalue weighted by Crippen LogP contribution is 2.17. The third kappa shape index (κ3) is 11.5. The van der Waals surface area contributed by atoms with Gasteiger partial charge >= 0.3 is 24.1 Å². The molecule has 0 fully saturated rings. The van der Waals surface area contributed by atoms with Crippen molar-refractivity contribution in [3.63, 3.8) is 0 Å². The highest BCUT2D eigenvalue weighted by atomic mass is 16.6. The molecule has 0 aliphatic carbocycles. The van der Waals surface area contributed by atoms with Crippen LogP contribution in [0.4, 0.5) is 15.3 Å². The molecule has 10 heteroatoms. The molecule has 0 spiro atoms. The van der Waals surface area contributed by atoms with E-state index >= 15 is 0 Å². The van der Waals surface area contributed by atoms with Crippen LogP contribution in [0.15, 0.2) is 48.5 Å². The molecule has 0 bridgehead atoms. The van der Waals surface area contributed by atoms with E-state index in [-0.39, 0.29) is 25.2 Å². The van der Waals surface area contributed by atoms with Crippen LogP contribution in [0.3, 0.4) is 0 Å². The molecule has 2 amide bonds. The van der Waals surface area contributed by atoms with Gasteiger partial charge in [-0.1, -0.05) is 24.3 Å². The first-order chi connectivity index (χ1) is 17.2. The molecule has 2 aromatic carbocycles. The molecule has 0 saturated carbocycles. The Morgan fingerprint density at radius 1 is 0.730 bits per heavy atom. The van der Waals surface area contributed by atoms with Gasteiger partial charge in [-0.05, 0) is 76.9 Å². The Hall–Kier alpha value is -4.08. The van der Waals surface area contributed by atoms with Crippen molar-refractivity contribution < 1.29 is 33.4 Å². The molecule has 0 heterocycles. The Balaban J connectivity index is 2.06. The van der Waals surface area contributed by atoms with E-state index in [4.69, 9.17) is 14.2 Å². The number of anilines is 1. The Morgan fingerprint density at radius 3 is 1.81 bits per heavy atom. The number of alkyl carbamates (subject to hydrolysis) is 2. The van der Waals surface area contributed by atoms with Gasteiger partial charge in [0.1, 0.15) is 17.7 Å². The number of rotatable bonds is 8. The summed E-state index contributed by atoms with van der Waals surface area (Å²) in [6.45, 7) is 10.6. The molecule has 37 heavy (non-hydrogen) atoms. The first-order valence-electron chi connectivity index (χ1n) is 11.8. The fourth-order valence-corrected chi connectivity index (χ4v) is 2.98. The number of esters is 2. The van der Waals surface area contributed by atoms with E-state index in [2.05, 4.69) is 16.0 Å². The van der Waals surface area contributed by atoms with E-state index < -0.39 is 35.3 Å². The minimum atomic E-state index is -0.752. The van der Waals surface area contributed by atoms with E-state index in [1.807, 2.05) is 0 Å². The van der Waals surface area contributed by atoms with Gasteiger partial charge in [0.15, 0.2) is 0 Å². The Bertz CT molecular complexity index is 1100. The molecule has 0 aromatic heterocycles. The zero-order chi connectivity index (χ0) is 27.6. The van der Waals surface area contributed by atoms with Crippen molar-refractivity contribution >= 4 is 29.8 Å². The summed E-state index contributed by atoms with van der Waals surface area (Å²) < 4.78 is 15.4. The fourth-order valence-electron chi connectivity index (χ4n) is 2.98. The van der Waals surface area contributed by atoms with Crippen molar-refractivity contribution in [1.29, 1.82) is 0 Å². The fraction of sp³-hybridized carbons (Fsp3) is 0.407. The summed E-state index contributed by atoms with van der Waals surface area (Å²) in [6.07, 6.45) is -1.17. The second kappa shape index (κ2) is 12.8. The maximum Gasteiger partial charge on any atom is 0.407 e.